The molecule has 4 heterocycles. The number of carboxylic acids is 1. The lowest BCUT2D eigenvalue weighted by atomic mass is 9.73. The van der Waals surface area contributed by atoms with Crippen molar-refractivity contribution in [2.24, 2.45) is 5.92 Å². The van der Waals surface area contributed by atoms with Crippen LogP contribution in [0.15, 0.2) is 54.7 Å². The predicted octanol–water partition coefficient (Wildman–Crippen LogP) is 5.45. The summed E-state index contributed by atoms with van der Waals surface area (Å²) in [5.41, 5.74) is 4.00. The SMILES string of the molecule is COc1cc(C(=O)N2CCC(CCN3CCC(C(=O)NN4CCCC(C(=O)O)C4)(c4ccccn4)CC3)(c3ccc(Cl)c(Cl)c3)C2)cc(OC)c1OC. The molecule has 0 bridgehead atoms. The summed E-state index contributed by atoms with van der Waals surface area (Å²) in [7, 11) is 4.57. The van der Waals surface area contributed by atoms with E-state index < -0.39 is 22.7 Å². The molecule has 3 aromatic rings. The summed E-state index contributed by atoms with van der Waals surface area (Å²) in [5, 5.41) is 12.3. The molecular weight excluding hydrogens is 721 g/mol. The van der Waals surface area contributed by atoms with E-state index in [1.165, 1.54) is 21.3 Å². The Morgan fingerprint density at radius 1 is 0.925 bits per heavy atom. The molecule has 0 spiro atoms. The van der Waals surface area contributed by atoms with Gasteiger partial charge in [0.1, 0.15) is 0 Å². The van der Waals surface area contributed by atoms with Gasteiger partial charge >= 0.3 is 5.97 Å². The summed E-state index contributed by atoms with van der Waals surface area (Å²) in [6.07, 6.45) is 5.59. The van der Waals surface area contributed by atoms with Crippen LogP contribution >= 0.6 is 23.2 Å². The summed E-state index contributed by atoms with van der Waals surface area (Å²) in [6.45, 7) is 3.95. The number of nitrogens with zero attached hydrogens (tertiary/aromatic N) is 4. The predicted molar refractivity (Wildman–Crippen MR) is 201 cm³/mol. The highest BCUT2D eigenvalue weighted by Crippen LogP contribution is 2.43. The first-order valence-electron chi connectivity index (χ1n) is 18.0. The molecule has 0 saturated carbocycles. The number of hydrogen-bond donors (Lipinski definition) is 2. The van der Waals surface area contributed by atoms with Crippen LogP contribution in [0.3, 0.4) is 0 Å². The van der Waals surface area contributed by atoms with Gasteiger partial charge in [0, 0.05) is 43.4 Å². The van der Waals surface area contributed by atoms with Crippen LogP contribution in [-0.4, -0.2) is 110 Å². The number of carboxylic acid groups (broad SMARTS) is 1. The number of methoxy groups -OCH3 is 3. The van der Waals surface area contributed by atoms with Crippen LogP contribution in [0.2, 0.25) is 10.0 Å². The van der Waals surface area contributed by atoms with Crippen LogP contribution in [0.5, 0.6) is 17.2 Å². The maximum absolute atomic E-state index is 14.1. The molecule has 3 saturated heterocycles. The molecule has 12 nitrogen and oxygen atoms in total. The number of hydrazine groups is 1. The second kappa shape index (κ2) is 16.5. The summed E-state index contributed by atoms with van der Waals surface area (Å²) >= 11 is 12.9. The maximum Gasteiger partial charge on any atom is 0.307 e. The monoisotopic (exact) mass is 767 g/mol. The molecule has 3 aliphatic rings. The Morgan fingerprint density at radius 2 is 1.66 bits per heavy atom. The van der Waals surface area contributed by atoms with Crippen molar-refractivity contribution in [3.05, 3.63) is 81.6 Å². The molecule has 2 unspecified atom stereocenters. The second-order valence-electron chi connectivity index (χ2n) is 14.3. The van der Waals surface area contributed by atoms with E-state index in [1.807, 2.05) is 41.3 Å². The molecule has 0 radical (unpaired) electrons. The highest BCUT2D eigenvalue weighted by atomic mass is 35.5. The Kier molecular flexibility index (Phi) is 12.0. The molecule has 284 valence electrons. The standard InChI is InChI=1S/C39H47Cl2N5O7/c1-51-31-21-27(22-32(52-2)34(31)53-3)35(47)45-20-12-38(25-45,28-9-10-29(40)30(41)23-28)11-17-44-18-13-39(14-19-44,33-8-4-5-15-42-33)37(50)43-46-16-6-7-26(24-46)36(48)49/h4-5,8-10,15,21-23,26H,6-7,11-14,16-20,24-25H2,1-3H3,(H,43,50)(H,48,49). The molecule has 2 atom stereocenters. The van der Waals surface area contributed by atoms with Gasteiger partial charge in [-0.25, -0.2) is 5.01 Å². The topological polar surface area (TPSA) is 134 Å². The second-order valence-corrected chi connectivity index (χ2v) is 15.1. The lowest BCUT2D eigenvalue weighted by Gasteiger charge is -2.43. The number of hydrogen-bond acceptors (Lipinski definition) is 9. The van der Waals surface area contributed by atoms with Gasteiger partial charge < -0.3 is 29.1 Å². The number of likely N-dealkylation sites (tertiary alicyclic amines) is 2. The van der Waals surface area contributed by atoms with Crippen molar-refractivity contribution in [2.45, 2.75) is 49.4 Å². The lowest BCUT2D eigenvalue weighted by Crippen LogP contribution is -2.58. The zero-order valence-electron chi connectivity index (χ0n) is 30.4. The minimum Gasteiger partial charge on any atom is -0.493 e. The molecule has 6 rings (SSSR count). The average molecular weight is 769 g/mol. The third-order valence-electron chi connectivity index (χ3n) is 11.3. The van der Waals surface area contributed by atoms with Gasteiger partial charge in [0.15, 0.2) is 11.5 Å². The van der Waals surface area contributed by atoms with Crippen molar-refractivity contribution < 1.29 is 33.7 Å². The molecule has 53 heavy (non-hydrogen) atoms. The van der Waals surface area contributed by atoms with Gasteiger partial charge in [0.25, 0.3) is 5.91 Å². The van der Waals surface area contributed by atoms with Crippen molar-refractivity contribution in [3.63, 3.8) is 0 Å². The van der Waals surface area contributed by atoms with E-state index in [0.29, 0.717) is 97.0 Å². The van der Waals surface area contributed by atoms with Crippen LogP contribution in [0.1, 0.15) is 60.1 Å². The van der Waals surface area contributed by atoms with Gasteiger partial charge in [-0.15, -0.1) is 0 Å². The number of pyridine rings is 1. The van der Waals surface area contributed by atoms with Crippen molar-refractivity contribution in [1.82, 2.24) is 25.2 Å². The van der Waals surface area contributed by atoms with Crippen molar-refractivity contribution in [3.8, 4) is 17.2 Å². The number of aliphatic carboxylic acids is 1. The number of carbonyl (C=O) groups is 3. The highest BCUT2D eigenvalue weighted by molar-refractivity contribution is 6.42. The van der Waals surface area contributed by atoms with Gasteiger partial charge in [-0.2, -0.15) is 0 Å². The van der Waals surface area contributed by atoms with Gasteiger partial charge in [0.05, 0.1) is 48.4 Å². The number of aromatic nitrogens is 1. The molecular formula is C39H47Cl2N5O7. The molecule has 2 amide bonds. The van der Waals surface area contributed by atoms with Gasteiger partial charge in [0.2, 0.25) is 11.7 Å². The zero-order chi connectivity index (χ0) is 37.8. The maximum atomic E-state index is 14.1. The number of benzene rings is 2. The van der Waals surface area contributed by atoms with Crippen LogP contribution in [0, 0.1) is 5.92 Å². The largest absolute Gasteiger partial charge is 0.493 e. The number of rotatable bonds is 12. The molecule has 3 aliphatic heterocycles. The summed E-state index contributed by atoms with van der Waals surface area (Å²) in [6, 6.07) is 14.7. The normalized spacial score (nSPS) is 21.9. The number of nitrogens with one attached hydrogen (secondary N) is 1. The summed E-state index contributed by atoms with van der Waals surface area (Å²) < 4.78 is 16.5. The van der Waals surface area contributed by atoms with E-state index in [9.17, 15) is 19.5 Å². The first kappa shape index (κ1) is 38.6. The third-order valence-corrected chi connectivity index (χ3v) is 12.1. The lowest BCUT2D eigenvalue weighted by molar-refractivity contribution is -0.146. The summed E-state index contributed by atoms with van der Waals surface area (Å²) in [5.74, 6) is -0.404. The molecule has 0 aliphatic carbocycles. The minimum atomic E-state index is -0.855. The average Bonchev–Trinajstić information content (AvgIpc) is 3.63. The molecule has 2 N–H and O–H groups in total. The van der Waals surface area contributed by atoms with Crippen LogP contribution < -0.4 is 19.6 Å². The van der Waals surface area contributed by atoms with E-state index in [-0.39, 0.29) is 18.4 Å². The van der Waals surface area contributed by atoms with E-state index >= 15 is 0 Å². The van der Waals surface area contributed by atoms with E-state index in [0.717, 1.165) is 24.9 Å². The Bertz CT molecular complexity index is 1780. The van der Waals surface area contributed by atoms with Gasteiger partial charge in [-0.1, -0.05) is 35.3 Å². The van der Waals surface area contributed by atoms with E-state index in [1.54, 1.807) is 23.3 Å². The fraction of sp³-hybridized carbons (Fsp3) is 0.487. The first-order chi connectivity index (χ1) is 25.5. The number of ether oxygens (including phenoxy) is 3. The van der Waals surface area contributed by atoms with Crippen LogP contribution in [0.25, 0.3) is 0 Å². The quantitative estimate of drug-likeness (QED) is 0.245. The van der Waals surface area contributed by atoms with E-state index in [4.69, 9.17) is 37.4 Å². The molecule has 1 aromatic heterocycles. The van der Waals surface area contributed by atoms with E-state index in [2.05, 4.69) is 15.3 Å². The third kappa shape index (κ3) is 8.06. The molecule has 2 aromatic carbocycles. The fourth-order valence-corrected chi connectivity index (χ4v) is 8.45. The van der Waals surface area contributed by atoms with Gasteiger partial charge in [-0.05, 0) is 100 Å². The van der Waals surface area contributed by atoms with Crippen molar-refractivity contribution in [1.29, 1.82) is 0 Å². The fourth-order valence-electron chi connectivity index (χ4n) is 8.15. The highest BCUT2D eigenvalue weighted by Gasteiger charge is 2.47. The van der Waals surface area contributed by atoms with Gasteiger partial charge in [-0.3, -0.25) is 24.8 Å². The number of carbonyl (C=O) groups excluding carboxylic acids is 2. The number of amides is 2. The van der Waals surface area contributed by atoms with Crippen LogP contribution in [0.4, 0.5) is 0 Å². The Balaban J connectivity index is 1.19. The minimum absolute atomic E-state index is 0.140. The Hall–Kier alpha value is -4.10. The van der Waals surface area contributed by atoms with Crippen LogP contribution in [-0.2, 0) is 20.4 Å². The molecule has 3 fully saturated rings. The smallest absolute Gasteiger partial charge is 0.307 e. The molecule has 14 heteroatoms. The van der Waals surface area contributed by atoms with Crippen molar-refractivity contribution in [2.75, 3.05) is 67.1 Å². The Morgan fingerprint density at radius 3 is 2.28 bits per heavy atom. The number of piperidine rings is 2. The van der Waals surface area contributed by atoms with Crippen molar-refractivity contribution >= 4 is 41.0 Å². The summed E-state index contributed by atoms with van der Waals surface area (Å²) in [4.78, 5) is 48.7. The first-order valence-corrected chi connectivity index (χ1v) is 18.8. The number of halogens is 2. The zero-order valence-corrected chi connectivity index (χ0v) is 31.9. The Labute approximate surface area is 320 Å².